The molecule has 1 rings (SSSR count). The van der Waals surface area contributed by atoms with Crippen LogP contribution >= 0.6 is 0 Å². The standard InChI is InChI=1S/C16H26O2/c1-3-5-6-7-11-15(9-4-2)18-16-12-8-10-14(17)13-16/h8,10,12-13,15,17H,3-7,9,11H2,1-2H3. The summed E-state index contributed by atoms with van der Waals surface area (Å²) in [6, 6.07) is 7.09. The molecule has 102 valence electrons. The first-order valence-corrected chi connectivity index (χ1v) is 7.22. The van der Waals surface area contributed by atoms with E-state index in [0.29, 0.717) is 0 Å². The van der Waals surface area contributed by atoms with Crippen LogP contribution in [0.2, 0.25) is 0 Å². The molecular weight excluding hydrogens is 224 g/mol. The van der Waals surface area contributed by atoms with E-state index < -0.39 is 0 Å². The van der Waals surface area contributed by atoms with Gasteiger partial charge in [-0.15, -0.1) is 0 Å². The number of phenols is 1. The minimum atomic E-state index is 0.272. The number of hydrogen-bond acceptors (Lipinski definition) is 2. The van der Waals surface area contributed by atoms with Crippen LogP contribution in [0.25, 0.3) is 0 Å². The number of phenolic OH excluding ortho intramolecular Hbond substituents is 1. The van der Waals surface area contributed by atoms with Gasteiger partial charge in [0.1, 0.15) is 11.5 Å². The zero-order chi connectivity index (χ0) is 13.2. The normalized spacial score (nSPS) is 12.3. The molecule has 1 aromatic carbocycles. The van der Waals surface area contributed by atoms with Crippen LogP contribution in [-0.4, -0.2) is 11.2 Å². The Balaban J connectivity index is 2.41. The smallest absolute Gasteiger partial charge is 0.123 e. The van der Waals surface area contributed by atoms with Gasteiger partial charge in [0.2, 0.25) is 0 Å². The van der Waals surface area contributed by atoms with Crippen LogP contribution in [-0.2, 0) is 0 Å². The lowest BCUT2D eigenvalue weighted by Crippen LogP contribution is -2.16. The Labute approximate surface area is 111 Å². The molecule has 0 saturated carbocycles. The molecule has 1 N–H and O–H groups in total. The fourth-order valence-corrected chi connectivity index (χ4v) is 2.13. The van der Waals surface area contributed by atoms with E-state index in [4.69, 9.17) is 4.74 Å². The Bertz CT molecular complexity index is 323. The third kappa shape index (κ3) is 5.95. The summed E-state index contributed by atoms with van der Waals surface area (Å²) in [5.74, 6) is 1.05. The van der Waals surface area contributed by atoms with E-state index in [1.165, 1.54) is 25.7 Å². The summed E-state index contributed by atoms with van der Waals surface area (Å²) in [5.41, 5.74) is 0. The monoisotopic (exact) mass is 250 g/mol. The molecule has 0 bridgehead atoms. The van der Waals surface area contributed by atoms with Gasteiger partial charge >= 0.3 is 0 Å². The molecule has 1 unspecified atom stereocenters. The third-order valence-electron chi connectivity index (χ3n) is 3.11. The molecule has 0 aliphatic rings. The van der Waals surface area contributed by atoms with Gasteiger partial charge in [-0.3, -0.25) is 0 Å². The van der Waals surface area contributed by atoms with E-state index in [9.17, 15) is 5.11 Å². The lowest BCUT2D eigenvalue weighted by Gasteiger charge is -2.18. The largest absolute Gasteiger partial charge is 0.508 e. The number of benzene rings is 1. The molecule has 18 heavy (non-hydrogen) atoms. The molecule has 0 spiro atoms. The average molecular weight is 250 g/mol. The molecule has 0 radical (unpaired) electrons. The topological polar surface area (TPSA) is 29.5 Å². The molecule has 0 aliphatic carbocycles. The zero-order valence-corrected chi connectivity index (χ0v) is 11.7. The Kier molecular flexibility index (Phi) is 7.31. The Morgan fingerprint density at radius 3 is 2.56 bits per heavy atom. The second kappa shape index (κ2) is 8.84. The number of hydrogen-bond donors (Lipinski definition) is 1. The number of unbranched alkanes of at least 4 members (excludes halogenated alkanes) is 3. The molecule has 2 heteroatoms. The number of aromatic hydroxyl groups is 1. The van der Waals surface area contributed by atoms with E-state index in [-0.39, 0.29) is 11.9 Å². The molecule has 0 saturated heterocycles. The zero-order valence-electron chi connectivity index (χ0n) is 11.7. The maximum absolute atomic E-state index is 9.42. The van der Waals surface area contributed by atoms with Crippen LogP contribution in [0.4, 0.5) is 0 Å². The van der Waals surface area contributed by atoms with Gasteiger partial charge in [-0.25, -0.2) is 0 Å². The molecule has 1 aromatic rings. The maximum Gasteiger partial charge on any atom is 0.123 e. The highest BCUT2D eigenvalue weighted by molar-refractivity contribution is 5.31. The van der Waals surface area contributed by atoms with Crippen molar-refractivity contribution >= 4 is 0 Å². The van der Waals surface area contributed by atoms with Crippen molar-refractivity contribution in [3.05, 3.63) is 24.3 Å². The maximum atomic E-state index is 9.42. The van der Waals surface area contributed by atoms with Crippen molar-refractivity contribution in [3.63, 3.8) is 0 Å². The van der Waals surface area contributed by atoms with E-state index in [2.05, 4.69) is 13.8 Å². The van der Waals surface area contributed by atoms with Crippen molar-refractivity contribution < 1.29 is 9.84 Å². The van der Waals surface area contributed by atoms with E-state index >= 15 is 0 Å². The number of rotatable bonds is 9. The molecule has 2 nitrogen and oxygen atoms in total. The van der Waals surface area contributed by atoms with E-state index in [1.807, 2.05) is 12.1 Å². The summed E-state index contributed by atoms with van der Waals surface area (Å²) in [6.07, 6.45) is 8.73. The highest BCUT2D eigenvalue weighted by Crippen LogP contribution is 2.22. The summed E-state index contributed by atoms with van der Waals surface area (Å²) in [4.78, 5) is 0. The Hall–Kier alpha value is -1.18. The fourth-order valence-electron chi connectivity index (χ4n) is 2.13. The van der Waals surface area contributed by atoms with Crippen LogP contribution in [0.3, 0.4) is 0 Å². The minimum Gasteiger partial charge on any atom is -0.508 e. The molecule has 0 aromatic heterocycles. The summed E-state index contributed by atoms with van der Waals surface area (Å²) >= 11 is 0. The van der Waals surface area contributed by atoms with E-state index in [0.717, 1.165) is 25.0 Å². The fraction of sp³-hybridized carbons (Fsp3) is 0.625. The van der Waals surface area contributed by atoms with Crippen molar-refractivity contribution in [2.24, 2.45) is 0 Å². The third-order valence-corrected chi connectivity index (χ3v) is 3.11. The second-order valence-corrected chi connectivity index (χ2v) is 4.88. The molecule has 0 amide bonds. The minimum absolute atomic E-state index is 0.272. The average Bonchev–Trinajstić information content (AvgIpc) is 2.35. The van der Waals surface area contributed by atoms with Gasteiger partial charge in [-0.1, -0.05) is 45.6 Å². The van der Waals surface area contributed by atoms with Gasteiger partial charge in [-0.05, 0) is 31.4 Å². The molecule has 0 fully saturated rings. The molecule has 0 aliphatic heterocycles. The van der Waals surface area contributed by atoms with Gasteiger partial charge in [0.25, 0.3) is 0 Å². The summed E-state index contributed by atoms with van der Waals surface area (Å²) < 4.78 is 5.96. The van der Waals surface area contributed by atoms with Crippen molar-refractivity contribution in [1.82, 2.24) is 0 Å². The van der Waals surface area contributed by atoms with Crippen molar-refractivity contribution in [3.8, 4) is 11.5 Å². The van der Waals surface area contributed by atoms with Gasteiger partial charge in [0, 0.05) is 6.07 Å². The Morgan fingerprint density at radius 1 is 1.06 bits per heavy atom. The molecule has 0 heterocycles. The SMILES string of the molecule is CCCCCCC(CCC)Oc1cccc(O)c1. The lowest BCUT2D eigenvalue weighted by atomic mass is 10.1. The molecular formula is C16H26O2. The van der Waals surface area contributed by atoms with Crippen molar-refractivity contribution in [1.29, 1.82) is 0 Å². The second-order valence-electron chi connectivity index (χ2n) is 4.88. The first-order chi connectivity index (χ1) is 8.76. The predicted octanol–water partition coefficient (Wildman–Crippen LogP) is 4.91. The number of ether oxygens (including phenoxy) is 1. The van der Waals surface area contributed by atoms with Gasteiger partial charge in [0.15, 0.2) is 0 Å². The first-order valence-electron chi connectivity index (χ1n) is 7.22. The quantitative estimate of drug-likeness (QED) is 0.631. The Morgan fingerprint density at radius 2 is 1.89 bits per heavy atom. The van der Waals surface area contributed by atoms with Gasteiger partial charge in [0.05, 0.1) is 6.10 Å². The van der Waals surface area contributed by atoms with Crippen LogP contribution in [0.1, 0.15) is 58.8 Å². The summed E-state index contributed by atoms with van der Waals surface area (Å²) in [5, 5.41) is 9.42. The lowest BCUT2D eigenvalue weighted by molar-refractivity contribution is 0.175. The van der Waals surface area contributed by atoms with Crippen LogP contribution in [0.5, 0.6) is 11.5 Å². The summed E-state index contributed by atoms with van der Waals surface area (Å²) in [7, 11) is 0. The van der Waals surface area contributed by atoms with E-state index in [1.54, 1.807) is 12.1 Å². The highest BCUT2D eigenvalue weighted by Gasteiger charge is 2.09. The predicted molar refractivity (Wildman–Crippen MR) is 76.2 cm³/mol. The van der Waals surface area contributed by atoms with Gasteiger partial charge < -0.3 is 9.84 Å². The van der Waals surface area contributed by atoms with Crippen molar-refractivity contribution in [2.75, 3.05) is 0 Å². The van der Waals surface area contributed by atoms with Crippen LogP contribution in [0, 0.1) is 0 Å². The first kappa shape index (κ1) is 14.9. The van der Waals surface area contributed by atoms with Gasteiger partial charge in [-0.2, -0.15) is 0 Å². The molecule has 1 atom stereocenters. The van der Waals surface area contributed by atoms with Crippen molar-refractivity contribution in [2.45, 2.75) is 64.9 Å². The summed E-state index contributed by atoms with van der Waals surface area (Å²) in [6.45, 7) is 4.41. The van der Waals surface area contributed by atoms with Crippen LogP contribution in [0.15, 0.2) is 24.3 Å². The van der Waals surface area contributed by atoms with Crippen LogP contribution < -0.4 is 4.74 Å². The highest BCUT2D eigenvalue weighted by atomic mass is 16.5.